The van der Waals surface area contributed by atoms with Gasteiger partial charge in [0.25, 0.3) is 0 Å². The Hall–Kier alpha value is -0.810. The minimum atomic E-state index is -0.0318. The summed E-state index contributed by atoms with van der Waals surface area (Å²) in [6.45, 7) is 5.18. The van der Waals surface area contributed by atoms with Crippen LogP contribution < -0.4 is 5.32 Å². The molecule has 2 aliphatic heterocycles. The van der Waals surface area contributed by atoms with Crippen LogP contribution in [0.15, 0.2) is 0 Å². The molecule has 1 N–H and O–H groups in total. The van der Waals surface area contributed by atoms with Crippen LogP contribution in [0.3, 0.4) is 0 Å². The maximum atomic E-state index is 13.5. The molecule has 2 amide bonds. The number of halogens is 1. The highest BCUT2D eigenvalue weighted by atomic mass is 35.5. The number of rotatable bonds is 4. The summed E-state index contributed by atoms with van der Waals surface area (Å²) < 4.78 is 0. The molecule has 4 bridgehead atoms. The number of hydrogen-bond acceptors (Lipinski definition) is 3. The van der Waals surface area contributed by atoms with Crippen molar-refractivity contribution in [1.29, 1.82) is 0 Å². The van der Waals surface area contributed by atoms with Crippen molar-refractivity contribution in [2.45, 2.75) is 64.2 Å². The number of nitrogens with one attached hydrogen (secondary N) is 1. The fourth-order valence-corrected chi connectivity index (χ4v) is 7.52. The lowest BCUT2D eigenvalue weighted by Gasteiger charge is -2.57. The van der Waals surface area contributed by atoms with Gasteiger partial charge in [0.1, 0.15) is 0 Å². The van der Waals surface area contributed by atoms with Crippen LogP contribution in [0.2, 0.25) is 0 Å². The Morgan fingerprint density at radius 2 is 1.34 bits per heavy atom. The molecule has 2 saturated heterocycles. The number of nitrogens with zero attached hydrogens (tertiary/aromatic N) is 2. The molecule has 6 heteroatoms. The van der Waals surface area contributed by atoms with Gasteiger partial charge in [-0.2, -0.15) is 0 Å². The zero-order valence-electron chi connectivity index (χ0n) is 17.7. The third-order valence-electron chi connectivity index (χ3n) is 8.64. The summed E-state index contributed by atoms with van der Waals surface area (Å²) in [5.41, 5.74) is -0.0318. The van der Waals surface area contributed by atoms with Gasteiger partial charge in [-0.15, -0.1) is 12.4 Å². The molecule has 0 spiro atoms. The van der Waals surface area contributed by atoms with Crippen LogP contribution in [-0.2, 0) is 9.59 Å². The van der Waals surface area contributed by atoms with Crippen LogP contribution in [-0.4, -0.2) is 60.9 Å². The number of carbonyl (C=O) groups is 2. The highest BCUT2D eigenvalue weighted by Gasteiger charge is 2.55. The molecule has 2 heterocycles. The van der Waals surface area contributed by atoms with E-state index in [0.717, 1.165) is 82.7 Å². The molecule has 29 heavy (non-hydrogen) atoms. The molecular weight excluding hydrogens is 386 g/mol. The second-order valence-corrected chi connectivity index (χ2v) is 10.6. The first-order chi connectivity index (χ1) is 13.6. The van der Waals surface area contributed by atoms with Crippen molar-refractivity contribution in [2.75, 3.05) is 39.3 Å². The summed E-state index contributed by atoms with van der Waals surface area (Å²) >= 11 is 0. The van der Waals surface area contributed by atoms with Crippen molar-refractivity contribution >= 4 is 24.2 Å². The summed E-state index contributed by atoms with van der Waals surface area (Å²) in [5.74, 6) is 3.90. The van der Waals surface area contributed by atoms with Crippen molar-refractivity contribution in [3.8, 4) is 0 Å². The Bertz CT molecular complexity index is 576. The van der Waals surface area contributed by atoms with E-state index in [9.17, 15) is 9.59 Å². The predicted octanol–water partition coefficient (Wildman–Crippen LogP) is 3.08. The lowest BCUT2D eigenvalue weighted by atomic mass is 9.49. The van der Waals surface area contributed by atoms with E-state index in [2.05, 4.69) is 10.2 Å². The molecule has 6 fully saturated rings. The minimum Gasteiger partial charge on any atom is -0.339 e. The Kier molecular flexibility index (Phi) is 6.46. The summed E-state index contributed by atoms with van der Waals surface area (Å²) in [6, 6.07) is 0. The second kappa shape index (κ2) is 8.74. The average Bonchev–Trinajstić information content (AvgIpc) is 2.71. The van der Waals surface area contributed by atoms with Crippen LogP contribution >= 0.6 is 12.4 Å². The Morgan fingerprint density at radius 1 is 0.828 bits per heavy atom. The normalized spacial score (nSPS) is 36.8. The highest BCUT2D eigenvalue weighted by molar-refractivity contribution is 5.85. The largest absolute Gasteiger partial charge is 0.339 e. The van der Waals surface area contributed by atoms with E-state index in [1.54, 1.807) is 0 Å². The van der Waals surface area contributed by atoms with Crippen molar-refractivity contribution in [1.82, 2.24) is 15.1 Å². The zero-order chi connectivity index (χ0) is 19.1. The summed E-state index contributed by atoms with van der Waals surface area (Å²) in [5, 5.41) is 3.40. The van der Waals surface area contributed by atoms with Gasteiger partial charge in [-0.1, -0.05) is 0 Å². The number of amides is 2. The molecule has 0 atom stereocenters. The second-order valence-electron chi connectivity index (χ2n) is 10.6. The fourth-order valence-electron chi connectivity index (χ4n) is 7.52. The molecule has 0 radical (unpaired) electrons. The molecule has 4 saturated carbocycles. The van der Waals surface area contributed by atoms with Crippen LogP contribution in [0.1, 0.15) is 64.2 Å². The first-order valence-corrected chi connectivity index (χ1v) is 11.9. The van der Waals surface area contributed by atoms with E-state index >= 15 is 0 Å². The van der Waals surface area contributed by atoms with E-state index < -0.39 is 0 Å². The van der Waals surface area contributed by atoms with Gasteiger partial charge in [0, 0.05) is 32.6 Å². The summed E-state index contributed by atoms with van der Waals surface area (Å²) in [4.78, 5) is 30.3. The van der Waals surface area contributed by atoms with Gasteiger partial charge in [0.05, 0.1) is 5.41 Å². The molecule has 164 valence electrons. The van der Waals surface area contributed by atoms with E-state index in [0.29, 0.717) is 24.2 Å². The van der Waals surface area contributed by atoms with Gasteiger partial charge in [-0.25, -0.2) is 0 Å². The first-order valence-electron chi connectivity index (χ1n) is 11.9. The van der Waals surface area contributed by atoms with Gasteiger partial charge < -0.3 is 15.1 Å². The van der Waals surface area contributed by atoms with Crippen molar-refractivity contribution in [3.05, 3.63) is 0 Å². The average molecular weight is 424 g/mol. The van der Waals surface area contributed by atoms with Crippen LogP contribution in [0.4, 0.5) is 0 Å². The molecule has 4 aliphatic carbocycles. The van der Waals surface area contributed by atoms with Crippen LogP contribution in [0.5, 0.6) is 0 Å². The third kappa shape index (κ3) is 4.32. The Balaban J connectivity index is 0.00000205. The minimum absolute atomic E-state index is 0. The van der Waals surface area contributed by atoms with Gasteiger partial charge in [-0.05, 0) is 94.5 Å². The Labute approximate surface area is 181 Å². The number of piperazine rings is 1. The number of piperidine rings is 1. The van der Waals surface area contributed by atoms with E-state index in [1.807, 2.05) is 4.90 Å². The molecule has 0 aromatic carbocycles. The molecule has 0 aromatic rings. The lowest BCUT2D eigenvalue weighted by Crippen LogP contribution is -2.58. The molecule has 6 aliphatic rings. The standard InChI is InChI=1S/C23H37N3O2.ClH/c27-21(2-1-17-3-5-24-6-4-17)25-7-9-26(10-8-25)22(28)23-14-18-11-19(15-23)13-20(12-18)16-23;/h17-20,24H,1-16H2;1H. The quantitative estimate of drug-likeness (QED) is 0.755. The number of carbonyl (C=O) groups excluding carboxylic acids is 2. The van der Waals surface area contributed by atoms with Gasteiger partial charge in [-0.3, -0.25) is 9.59 Å². The van der Waals surface area contributed by atoms with E-state index in [1.165, 1.54) is 32.1 Å². The van der Waals surface area contributed by atoms with Gasteiger partial charge >= 0.3 is 0 Å². The topological polar surface area (TPSA) is 52.7 Å². The van der Waals surface area contributed by atoms with Crippen molar-refractivity contribution in [3.63, 3.8) is 0 Å². The summed E-state index contributed by atoms with van der Waals surface area (Å²) in [7, 11) is 0. The summed E-state index contributed by atoms with van der Waals surface area (Å²) in [6.07, 6.45) is 11.7. The lowest BCUT2D eigenvalue weighted by molar-refractivity contribution is -0.160. The van der Waals surface area contributed by atoms with E-state index in [4.69, 9.17) is 0 Å². The molecule has 0 unspecified atom stereocenters. The SMILES string of the molecule is Cl.O=C(CCC1CCNCC1)N1CCN(C(=O)C23CC4CC(CC(C4)C2)C3)CC1. The molecule has 6 rings (SSSR count). The fraction of sp³-hybridized carbons (Fsp3) is 0.913. The zero-order valence-corrected chi connectivity index (χ0v) is 18.6. The highest BCUT2D eigenvalue weighted by Crippen LogP contribution is 2.60. The molecular formula is C23H38ClN3O2. The van der Waals surface area contributed by atoms with Crippen LogP contribution in [0.25, 0.3) is 0 Å². The maximum Gasteiger partial charge on any atom is 0.228 e. The van der Waals surface area contributed by atoms with Gasteiger partial charge in [0.15, 0.2) is 0 Å². The molecule has 0 aromatic heterocycles. The van der Waals surface area contributed by atoms with E-state index in [-0.39, 0.29) is 17.8 Å². The third-order valence-corrected chi connectivity index (χ3v) is 8.64. The predicted molar refractivity (Wildman–Crippen MR) is 116 cm³/mol. The first kappa shape index (κ1) is 21.4. The van der Waals surface area contributed by atoms with Crippen molar-refractivity contribution in [2.24, 2.45) is 29.1 Å². The van der Waals surface area contributed by atoms with Crippen molar-refractivity contribution < 1.29 is 9.59 Å². The van der Waals surface area contributed by atoms with Crippen LogP contribution in [0, 0.1) is 29.1 Å². The monoisotopic (exact) mass is 423 g/mol. The number of hydrogen-bond donors (Lipinski definition) is 1. The smallest absolute Gasteiger partial charge is 0.228 e. The maximum absolute atomic E-state index is 13.5. The van der Waals surface area contributed by atoms with Gasteiger partial charge in [0.2, 0.25) is 11.8 Å². The molecule has 5 nitrogen and oxygen atoms in total. The Morgan fingerprint density at radius 3 is 1.90 bits per heavy atom.